The highest BCUT2D eigenvalue weighted by Crippen LogP contribution is 2.26. The Morgan fingerprint density at radius 1 is 0.885 bits per heavy atom. The number of anilines is 2. The van der Waals surface area contributed by atoms with Crippen LogP contribution in [0.4, 0.5) is 11.6 Å². The maximum absolute atomic E-state index is 12.7. The summed E-state index contributed by atoms with van der Waals surface area (Å²) in [5.74, 6) is 2.58. The molecule has 2 aliphatic heterocycles. The maximum atomic E-state index is 12.7. The zero-order valence-corrected chi connectivity index (χ0v) is 15.5. The van der Waals surface area contributed by atoms with Crippen molar-refractivity contribution in [3.63, 3.8) is 0 Å². The summed E-state index contributed by atoms with van der Waals surface area (Å²) in [5.41, 5.74) is 0. The summed E-state index contributed by atoms with van der Waals surface area (Å²) in [6.45, 7) is 6.54. The molecule has 1 aromatic rings. The van der Waals surface area contributed by atoms with Gasteiger partial charge in [-0.25, -0.2) is 9.97 Å². The van der Waals surface area contributed by atoms with E-state index in [1.165, 1.54) is 19.3 Å². The molecule has 3 heterocycles. The van der Waals surface area contributed by atoms with Crippen LogP contribution in [0.5, 0.6) is 0 Å². The predicted molar refractivity (Wildman–Crippen MR) is 100 cm³/mol. The fraction of sp³-hybridized carbons (Fsp3) is 0.737. The lowest BCUT2D eigenvalue weighted by Crippen LogP contribution is -2.50. The Labute approximate surface area is 155 Å². The van der Waals surface area contributed by atoms with Crippen molar-refractivity contribution in [3.05, 3.63) is 12.4 Å². The molecule has 0 unspecified atom stereocenters. The normalized spacial score (nSPS) is 22.5. The van der Waals surface area contributed by atoms with Gasteiger partial charge in [-0.1, -0.05) is 19.3 Å². The number of nitrogens with zero attached hydrogens (tertiary/aromatic N) is 5. The third kappa shape index (κ3) is 3.92. The molecule has 1 aromatic heterocycles. The minimum Gasteiger partial charge on any atom is -0.378 e. The molecule has 3 fully saturated rings. The lowest BCUT2D eigenvalue weighted by molar-refractivity contribution is -0.136. The molecule has 3 aliphatic rings. The van der Waals surface area contributed by atoms with Crippen LogP contribution in [0.15, 0.2) is 12.4 Å². The highest BCUT2D eigenvalue weighted by molar-refractivity contribution is 5.79. The first kappa shape index (κ1) is 17.5. The minimum absolute atomic E-state index is 0.266. The van der Waals surface area contributed by atoms with Crippen LogP contribution in [0.3, 0.4) is 0 Å². The van der Waals surface area contributed by atoms with Gasteiger partial charge in [0, 0.05) is 51.3 Å². The quantitative estimate of drug-likeness (QED) is 0.816. The van der Waals surface area contributed by atoms with E-state index >= 15 is 0 Å². The summed E-state index contributed by atoms with van der Waals surface area (Å²) in [7, 11) is 0. The van der Waals surface area contributed by atoms with Crippen LogP contribution in [-0.2, 0) is 9.53 Å². The van der Waals surface area contributed by atoms with Gasteiger partial charge in [-0.15, -0.1) is 0 Å². The summed E-state index contributed by atoms with van der Waals surface area (Å²) in [5, 5.41) is 0. The minimum atomic E-state index is 0.266. The van der Waals surface area contributed by atoms with Crippen molar-refractivity contribution in [3.8, 4) is 0 Å². The standard InChI is InChI=1S/C19H29N5O2/c25-19(16-4-2-1-3-5-16)24-8-6-22(7-9-24)17-14-18(21-15-20-17)23-10-12-26-13-11-23/h14-16H,1-13H2. The fourth-order valence-corrected chi connectivity index (χ4v) is 4.24. The molecule has 0 aromatic carbocycles. The van der Waals surface area contributed by atoms with E-state index in [2.05, 4.69) is 30.7 Å². The zero-order chi connectivity index (χ0) is 17.8. The summed E-state index contributed by atoms with van der Waals surface area (Å²) in [4.78, 5) is 28.2. The second kappa shape index (κ2) is 8.20. The number of hydrogen-bond acceptors (Lipinski definition) is 6. The van der Waals surface area contributed by atoms with Gasteiger partial charge in [-0.3, -0.25) is 4.79 Å². The molecule has 142 valence electrons. The van der Waals surface area contributed by atoms with Crippen LogP contribution in [-0.4, -0.2) is 73.3 Å². The van der Waals surface area contributed by atoms with Gasteiger partial charge in [0.25, 0.3) is 0 Å². The van der Waals surface area contributed by atoms with Crippen LogP contribution in [0, 0.1) is 5.92 Å². The van der Waals surface area contributed by atoms with E-state index in [1.54, 1.807) is 6.33 Å². The summed E-state index contributed by atoms with van der Waals surface area (Å²) < 4.78 is 5.42. The Balaban J connectivity index is 1.35. The van der Waals surface area contributed by atoms with E-state index in [0.29, 0.717) is 5.91 Å². The van der Waals surface area contributed by atoms with Crippen molar-refractivity contribution in [2.24, 2.45) is 5.92 Å². The molecule has 1 saturated carbocycles. The Hall–Kier alpha value is -1.89. The smallest absolute Gasteiger partial charge is 0.225 e. The lowest BCUT2D eigenvalue weighted by atomic mass is 9.88. The average Bonchev–Trinajstić information content (AvgIpc) is 2.75. The van der Waals surface area contributed by atoms with Crippen molar-refractivity contribution in [2.45, 2.75) is 32.1 Å². The first-order valence-corrected chi connectivity index (χ1v) is 10.00. The van der Waals surface area contributed by atoms with Gasteiger partial charge < -0.3 is 19.4 Å². The second-order valence-electron chi connectivity index (χ2n) is 7.48. The van der Waals surface area contributed by atoms with Gasteiger partial charge >= 0.3 is 0 Å². The predicted octanol–water partition coefficient (Wildman–Crippen LogP) is 1.54. The van der Waals surface area contributed by atoms with Crippen LogP contribution < -0.4 is 9.80 Å². The number of piperazine rings is 1. The summed E-state index contributed by atoms with van der Waals surface area (Å²) >= 11 is 0. The van der Waals surface area contributed by atoms with E-state index in [4.69, 9.17) is 4.74 Å². The third-order valence-corrected chi connectivity index (χ3v) is 5.84. The van der Waals surface area contributed by atoms with Crippen molar-refractivity contribution < 1.29 is 9.53 Å². The fourth-order valence-electron chi connectivity index (χ4n) is 4.24. The molecular formula is C19H29N5O2. The first-order valence-electron chi connectivity index (χ1n) is 10.00. The molecule has 0 atom stereocenters. The van der Waals surface area contributed by atoms with E-state index in [1.807, 2.05) is 0 Å². The highest BCUT2D eigenvalue weighted by Gasteiger charge is 2.29. The molecule has 1 amide bonds. The number of amides is 1. The topological polar surface area (TPSA) is 61.8 Å². The van der Waals surface area contributed by atoms with Crippen molar-refractivity contribution in [1.82, 2.24) is 14.9 Å². The van der Waals surface area contributed by atoms with Crippen LogP contribution in [0.25, 0.3) is 0 Å². The Morgan fingerprint density at radius 2 is 1.50 bits per heavy atom. The number of aromatic nitrogens is 2. The summed E-state index contributed by atoms with van der Waals surface area (Å²) in [6, 6.07) is 2.07. The van der Waals surface area contributed by atoms with E-state index in [-0.39, 0.29) is 5.92 Å². The number of carbonyl (C=O) groups excluding carboxylic acids is 1. The molecule has 7 nitrogen and oxygen atoms in total. The van der Waals surface area contributed by atoms with E-state index in [9.17, 15) is 4.79 Å². The number of hydrogen-bond donors (Lipinski definition) is 0. The monoisotopic (exact) mass is 359 g/mol. The Kier molecular flexibility index (Phi) is 5.53. The molecule has 26 heavy (non-hydrogen) atoms. The average molecular weight is 359 g/mol. The molecule has 0 radical (unpaired) electrons. The third-order valence-electron chi connectivity index (χ3n) is 5.84. The van der Waals surface area contributed by atoms with Crippen molar-refractivity contribution >= 4 is 17.5 Å². The lowest BCUT2D eigenvalue weighted by Gasteiger charge is -2.38. The van der Waals surface area contributed by atoms with E-state index < -0.39 is 0 Å². The summed E-state index contributed by atoms with van der Waals surface area (Å²) in [6.07, 6.45) is 7.52. The van der Waals surface area contributed by atoms with Gasteiger partial charge in [-0.2, -0.15) is 0 Å². The largest absolute Gasteiger partial charge is 0.378 e. The van der Waals surface area contributed by atoms with Gasteiger partial charge in [0.1, 0.15) is 18.0 Å². The number of carbonyl (C=O) groups is 1. The maximum Gasteiger partial charge on any atom is 0.225 e. The van der Waals surface area contributed by atoms with Gasteiger partial charge in [0.05, 0.1) is 13.2 Å². The Bertz CT molecular complexity index is 606. The second-order valence-corrected chi connectivity index (χ2v) is 7.48. The first-order chi connectivity index (χ1) is 12.8. The van der Waals surface area contributed by atoms with Crippen molar-refractivity contribution in [2.75, 3.05) is 62.3 Å². The molecule has 4 rings (SSSR count). The molecule has 0 bridgehead atoms. The molecule has 1 aliphatic carbocycles. The van der Waals surface area contributed by atoms with Gasteiger partial charge in [0.15, 0.2) is 0 Å². The highest BCUT2D eigenvalue weighted by atomic mass is 16.5. The number of morpholine rings is 1. The molecule has 7 heteroatoms. The van der Waals surface area contributed by atoms with Crippen LogP contribution in [0.1, 0.15) is 32.1 Å². The Morgan fingerprint density at radius 3 is 2.15 bits per heavy atom. The van der Waals surface area contributed by atoms with Gasteiger partial charge in [-0.05, 0) is 12.8 Å². The van der Waals surface area contributed by atoms with E-state index in [0.717, 1.165) is 77.0 Å². The molecule has 0 spiro atoms. The van der Waals surface area contributed by atoms with Crippen LogP contribution in [0.2, 0.25) is 0 Å². The van der Waals surface area contributed by atoms with Gasteiger partial charge in [0.2, 0.25) is 5.91 Å². The van der Waals surface area contributed by atoms with Crippen molar-refractivity contribution in [1.29, 1.82) is 0 Å². The zero-order valence-electron chi connectivity index (χ0n) is 15.5. The number of ether oxygens (including phenoxy) is 1. The van der Waals surface area contributed by atoms with Crippen LogP contribution >= 0.6 is 0 Å². The SMILES string of the molecule is O=C(C1CCCCC1)N1CCN(c2cc(N3CCOCC3)ncn2)CC1. The molecule has 2 saturated heterocycles. The molecular weight excluding hydrogens is 330 g/mol. The number of rotatable bonds is 3. The molecule has 0 N–H and O–H groups in total.